The Morgan fingerprint density at radius 1 is 1.09 bits per heavy atom. The maximum Gasteiger partial charge on any atom is 0.333 e. The standard InChI is InChI=1S/C22H25BrClN4O5P/c1-2-12-28-21(29)19-20(27(22(28)30)13-5-6-15-34(31,32)33)25-18(26(19)14-11-24)10-9-16-7-3-4-8-17(16)23/h1,3-4,7-8H,5-6,9-15H2,(H2,31,32,33). The minimum atomic E-state index is -4.14. The largest absolute Gasteiger partial charge is 0.333 e. The number of nitrogens with zero attached hydrogens (tertiary/aromatic N) is 4. The number of fused-ring (bicyclic) bond motifs is 1. The third kappa shape index (κ3) is 6.09. The number of benzene rings is 1. The van der Waals surface area contributed by atoms with Crippen LogP contribution in [0, 0.1) is 12.3 Å². The normalized spacial score (nSPS) is 11.7. The van der Waals surface area contributed by atoms with Gasteiger partial charge in [-0.25, -0.2) is 14.3 Å². The maximum atomic E-state index is 13.2. The number of unbranched alkanes of at least 4 members (excludes halogenated alkanes) is 1. The van der Waals surface area contributed by atoms with Crippen LogP contribution in [0.25, 0.3) is 11.2 Å². The molecule has 0 bridgehead atoms. The van der Waals surface area contributed by atoms with Gasteiger partial charge in [-0.1, -0.05) is 40.0 Å². The summed E-state index contributed by atoms with van der Waals surface area (Å²) in [6.45, 7) is 0.265. The first-order valence-electron chi connectivity index (χ1n) is 10.7. The SMILES string of the molecule is C#CCn1c(=O)c2c(nc(CCc3ccccc3Br)n2CCCl)n(CCCCP(=O)(O)O)c1=O. The lowest BCUT2D eigenvalue weighted by Gasteiger charge is -2.11. The van der Waals surface area contributed by atoms with Crippen molar-refractivity contribution in [2.75, 3.05) is 12.0 Å². The lowest BCUT2D eigenvalue weighted by molar-refractivity contribution is 0.370. The molecule has 2 heterocycles. The highest BCUT2D eigenvalue weighted by atomic mass is 79.9. The highest BCUT2D eigenvalue weighted by Crippen LogP contribution is 2.35. The first kappa shape index (κ1) is 26.5. The molecule has 1 aromatic carbocycles. The van der Waals surface area contributed by atoms with Gasteiger partial charge in [0.2, 0.25) is 0 Å². The second kappa shape index (κ2) is 11.5. The molecule has 0 saturated heterocycles. The lowest BCUT2D eigenvalue weighted by Crippen LogP contribution is -2.40. The second-order valence-electron chi connectivity index (χ2n) is 7.76. The molecule has 0 radical (unpaired) electrons. The topological polar surface area (TPSA) is 119 Å². The van der Waals surface area contributed by atoms with Crippen LogP contribution in [0.4, 0.5) is 0 Å². The number of alkyl halides is 1. The van der Waals surface area contributed by atoms with Crippen LogP contribution in [0.3, 0.4) is 0 Å². The Labute approximate surface area is 209 Å². The van der Waals surface area contributed by atoms with E-state index in [4.69, 9.17) is 27.8 Å². The van der Waals surface area contributed by atoms with Crippen LogP contribution in [0.2, 0.25) is 0 Å². The third-order valence-electron chi connectivity index (χ3n) is 5.41. The molecule has 12 heteroatoms. The fourth-order valence-electron chi connectivity index (χ4n) is 3.82. The van der Waals surface area contributed by atoms with Gasteiger partial charge in [-0.15, -0.1) is 18.0 Å². The van der Waals surface area contributed by atoms with Crippen LogP contribution in [0.1, 0.15) is 24.2 Å². The van der Waals surface area contributed by atoms with Crippen molar-refractivity contribution in [3.63, 3.8) is 0 Å². The van der Waals surface area contributed by atoms with E-state index >= 15 is 0 Å². The van der Waals surface area contributed by atoms with Crippen molar-refractivity contribution in [3.05, 3.63) is 61.0 Å². The molecule has 0 amide bonds. The highest BCUT2D eigenvalue weighted by Gasteiger charge is 2.21. The van der Waals surface area contributed by atoms with E-state index < -0.39 is 18.8 Å². The summed E-state index contributed by atoms with van der Waals surface area (Å²) in [5.41, 5.74) is 0.416. The van der Waals surface area contributed by atoms with Gasteiger partial charge in [0, 0.05) is 36.0 Å². The Morgan fingerprint density at radius 3 is 2.47 bits per heavy atom. The molecule has 0 spiro atoms. The summed E-state index contributed by atoms with van der Waals surface area (Å²) in [5, 5.41) is 0. The van der Waals surface area contributed by atoms with Gasteiger partial charge in [0.25, 0.3) is 5.56 Å². The van der Waals surface area contributed by atoms with Crippen molar-refractivity contribution in [2.45, 2.75) is 45.3 Å². The van der Waals surface area contributed by atoms with Crippen LogP contribution in [0.15, 0.2) is 38.3 Å². The van der Waals surface area contributed by atoms with E-state index in [9.17, 15) is 14.2 Å². The molecule has 9 nitrogen and oxygen atoms in total. The fourth-order valence-corrected chi connectivity index (χ4v) is 5.11. The smallest absolute Gasteiger partial charge is 0.324 e. The van der Waals surface area contributed by atoms with Gasteiger partial charge < -0.3 is 14.4 Å². The van der Waals surface area contributed by atoms with Crippen LogP contribution in [0.5, 0.6) is 0 Å². The van der Waals surface area contributed by atoms with Gasteiger partial charge in [-0.3, -0.25) is 13.9 Å². The van der Waals surface area contributed by atoms with Crippen LogP contribution >= 0.6 is 35.1 Å². The van der Waals surface area contributed by atoms with Crippen LogP contribution in [-0.2, 0) is 37.0 Å². The first-order chi connectivity index (χ1) is 16.2. The Bertz CT molecular complexity index is 1380. The van der Waals surface area contributed by atoms with E-state index in [1.807, 2.05) is 24.3 Å². The Kier molecular flexibility index (Phi) is 8.96. The molecular weight excluding hydrogens is 547 g/mol. The fraction of sp³-hybridized carbons (Fsp3) is 0.409. The van der Waals surface area contributed by atoms with E-state index in [1.165, 1.54) is 4.57 Å². The minimum absolute atomic E-state index is 0.141. The van der Waals surface area contributed by atoms with E-state index in [1.54, 1.807) is 4.57 Å². The molecule has 0 unspecified atom stereocenters. The van der Waals surface area contributed by atoms with Gasteiger partial charge in [0.1, 0.15) is 5.82 Å². The number of aromatic nitrogens is 4. The predicted octanol–water partition coefficient (Wildman–Crippen LogP) is 2.74. The first-order valence-corrected chi connectivity index (χ1v) is 13.8. The summed E-state index contributed by atoms with van der Waals surface area (Å²) in [4.78, 5) is 49.2. The number of terminal acetylenes is 1. The molecule has 182 valence electrons. The van der Waals surface area contributed by atoms with E-state index in [0.29, 0.717) is 31.6 Å². The number of hydrogen-bond donors (Lipinski definition) is 2. The summed E-state index contributed by atoms with van der Waals surface area (Å²) in [6.07, 6.45) is 6.81. The van der Waals surface area contributed by atoms with E-state index in [2.05, 4.69) is 26.8 Å². The lowest BCUT2D eigenvalue weighted by atomic mass is 10.1. The van der Waals surface area contributed by atoms with Gasteiger partial charge in [0.05, 0.1) is 6.54 Å². The monoisotopic (exact) mass is 570 g/mol. The van der Waals surface area contributed by atoms with Crippen molar-refractivity contribution < 1.29 is 14.4 Å². The molecule has 3 rings (SSSR count). The van der Waals surface area contributed by atoms with Gasteiger partial charge in [-0.05, 0) is 30.9 Å². The molecule has 0 aliphatic rings. The molecule has 2 N–H and O–H groups in total. The zero-order chi connectivity index (χ0) is 24.9. The Hall–Kier alpha value is -2.15. The number of aryl methyl sites for hydroxylation is 4. The zero-order valence-electron chi connectivity index (χ0n) is 18.4. The molecule has 2 aromatic heterocycles. The summed E-state index contributed by atoms with van der Waals surface area (Å²) >= 11 is 9.58. The maximum absolute atomic E-state index is 13.2. The molecule has 0 saturated carbocycles. The molecule has 0 fully saturated rings. The number of imidazole rings is 1. The van der Waals surface area contributed by atoms with E-state index in [-0.39, 0.29) is 42.7 Å². The van der Waals surface area contributed by atoms with E-state index in [0.717, 1.165) is 14.6 Å². The summed E-state index contributed by atoms with van der Waals surface area (Å²) in [5.74, 6) is 3.20. The molecule has 0 atom stereocenters. The molecular formula is C22H25BrClN4O5P. The van der Waals surface area contributed by atoms with Crippen molar-refractivity contribution in [1.29, 1.82) is 0 Å². The van der Waals surface area contributed by atoms with Crippen LogP contribution in [-0.4, -0.2) is 40.5 Å². The van der Waals surface area contributed by atoms with Gasteiger partial charge in [0.15, 0.2) is 11.2 Å². The summed E-state index contributed by atoms with van der Waals surface area (Å²) in [6, 6.07) is 7.81. The summed E-state index contributed by atoms with van der Waals surface area (Å²) < 4.78 is 16.2. The number of rotatable bonds is 11. The molecule has 3 aromatic rings. The average molecular weight is 572 g/mol. The van der Waals surface area contributed by atoms with Crippen molar-refractivity contribution in [1.82, 2.24) is 18.7 Å². The minimum Gasteiger partial charge on any atom is -0.324 e. The molecule has 0 aliphatic carbocycles. The average Bonchev–Trinajstić information content (AvgIpc) is 3.13. The molecule has 34 heavy (non-hydrogen) atoms. The van der Waals surface area contributed by atoms with Gasteiger partial charge >= 0.3 is 13.3 Å². The third-order valence-corrected chi connectivity index (χ3v) is 7.25. The zero-order valence-corrected chi connectivity index (χ0v) is 21.6. The number of halogens is 2. The predicted molar refractivity (Wildman–Crippen MR) is 136 cm³/mol. The van der Waals surface area contributed by atoms with Crippen molar-refractivity contribution in [3.8, 4) is 12.3 Å². The quantitative estimate of drug-likeness (QED) is 0.158. The van der Waals surface area contributed by atoms with Crippen molar-refractivity contribution >= 4 is 46.3 Å². The number of hydrogen-bond acceptors (Lipinski definition) is 4. The van der Waals surface area contributed by atoms with Crippen LogP contribution < -0.4 is 11.2 Å². The summed E-state index contributed by atoms with van der Waals surface area (Å²) in [7, 11) is -4.14. The second-order valence-corrected chi connectivity index (χ2v) is 10.8. The van der Waals surface area contributed by atoms with Gasteiger partial charge in [-0.2, -0.15) is 0 Å². The highest BCUT2D eigenvalue weighted by molar-refractivity contribution is 9.10. The Morgan fingerprint density at radius 2 is 1.82 bits per heavy atom. The molecule has 0 aliphatic heterocycles. The Balaban J connectivity index is 2.08. The van der Waals surface area contributed by atoms with Crippen molar-refractivity contribution in [2.24, 2.45) is 0 Å².